The third-order valence-corrected chi connectivity index (χ3v) is 5.68. The topological polar surface area (TPSA) is 88.2 Å². The summed E-state index contributed by atoms with van der Waals surface area (Å²) in [5.41, 5.74) is 2.72. The van der Waals surface area contributed by atoms with Gasteiger partial charge >= 0.3 is 11.9 Å². The molecule has 0 radical (unpaired) electrons. The number of ether oxygens (including phenoxy) is 2. The quantitative estimate of drug-likeness (QED) is 0.376. The van der Waals surface area contributed by atoms with Gasteiger partial charge in [-0.3, -0.25) is 9.36 Å². The second kappa shape index (κ2) is 10.6. The van der Waals surface area contributed by atoms with Gasteiger partial charge in [0, 0.05) is 12.1 Å². The Labute approximate surface area is 192 Å². The van der Waals surface area contributed by atoms with Crippen LogP contribution in [0.4, 0.5) is 0 Å². The minimum Gasteiger partial charge on any atom is -0.465 e. The van der Waals surface area contributed by atoms with Gasteiger partial charge in [-0.15, -0.1) is 0 Å². The molecule has 0 bridgehead atoms. The Morgan fingerprint density at radius 3 is 1.68 bits per heavy atom. The highest BCUT2D eigenvalue weighted by Gasteiger charge is 2.22. The summed E-state index contributed by atoms with van der Waals surface area (Å²) in [5.74, 6) is -0.641. The summed E-state index contributed by atoms with van der Waals surface area (Å²) in [6.45, 7) is 11.8. The highest BCUT2D eigenvalue weighted by atomic mass is 127. The van der Waals surface area contributed by atoms with Crippen LogP contribution in [0.3, 0.4) is 0 Å². The number of methoxy groups -OCH3 is 2. The van der Waals surface area contributed by atoms with Crippen LogP contribution in [0.2, 0.25) is 0 Å². The van der Waals surface area contributed by atoms with E-state index in [1.165, 1.54) is 14.2 Å². The predicted molar refractivity (Wildman–Crippen MR) is 123 cm³/mol. The number of halogens is 2. The van der Waals surface area contributed by atoms with Crippen LogP contribution in [0.1, 0.15) is 71.9 Å². The number of carbonyl (C=O) groups is 2. The van der Waals surface area contributed by atoms with Gasteiger partial charge in [0.05, 0.1) is 25.6 Å². The Balaban J connectivity index is 0.000000280. The van der Waals surface area contributed by atoms with Crippen LogP contribution < -0.4 is 0 Å². The molecule has 0 saturated heterocycles. The number of nitrogens with zero attached hydrogens (tertiary/aromatic N) is 4. The molecule has 2 rings (SSSR count). The highest BCUT2D eigenvalue weighted by molar-refractivity contribution is 14.1. The summed E-state index contributed by atoms with van der Waals surface area (Å²) >= 11 is 4.16. The first kappa shape index (κ1) is 24.9. The number of rotatable bonds is 4. The van der Waals surface area contributed by atoms with E-state index < -0.39 is 0 Å². The van der Waals surface area contributed by atoms with Gasteiger partial charge < -0.3 is 9.47 Å². The Morgan fingerprint density at radius 2 is 1.32 bits per heavy atom. The Kier molecular flexibility index (Phi) is 9.37. The van der Waals surface area contributed by atoms with E-state index in [0.717, 1.165) is 15.1 Å². The average molecular weight is 616 g/mol. The molecule has 0 fully saturated rings. The number of esters is 2. The molecule has 2 aromatic rings. The van der Waals surface area contributed by atoms with Crippen LogP contribution in [-0.4, -0.2) is 45.7 Å². The largest absolute Gasteiger partial charge is 0.465 e. The summed E-state index contributed by atoms with van der Waals surface area (Å²) in [5, 5.41) is 8.57. The van der Waals surface area contributed by atoms with E-state index >= 15 is 0 Å². The lowest BCUT2D eigenvalue weighted by Gasteiger charge is -2.07. The van der Waals surface area contributed by atoms with Crippen LogP contribution in [0.5, 0.6) is 0 Å². The Hall–Kier alpha value is -1.18. The van der Waals surface area contributed by atoms with Crippen molar-refractivity contribution in [2.45, 2.75) is 53.6 Å². The molecule has 0 amide bonds. The molecule has 0 spiro atoms. The summed E-state index contributed by atoms with van der Waals surface area (Å²) < 4.78 is 14.6. The van der Waals surface area contributed by atoms with Crippen LogP contribution in [-0.2, 0) is 9.47 Å². The van der Waals surface area contributed by atoms with E-state index in [1.807, 2.05) is 73.5 Å². The van der Waals surface area contributed by atoms with Gasteiger partial charge in [0.1, 0.15) is 18.5 Å². The van der Waals surface area contributed by atoms with E-state index in [1.54, 1.807) is 0 Å². The first-order valence-electron chi connectivity index (χ1n) is 8.63. The van der Waals surface area contributed by atoms with Crippen molar-refractivity contribution in [2.75, 3.05) is 14.2 Å². The molecular weight excluding hydrogens is 590 g/mol. The zero-order valence-electron chi connectivity index (χ0n) is 17.3. The molecule has 0 aliphatic rings. The van der Waals surface area contributed by atoms with Crippen LogP contribution >= 0.6 is 45.2 Å². The monoisotopic (exact) mass is 616 g/mol. The van der Waals surface area contributed by atoms with Crippen LogP contribution in [0, 0.1) is 21.2 Å². The van der Waals surface area contributed by atoms with Crippen molar-refractivity contribution in [3.8, 4) is 0 Å². The van der Waals surface area contributed by atoms with Gasteiger partial charge in [0.15, 0.2) is 0 Å². The first-order valence-corrected chi connectivity index (χ1v) is 10.8. The third kappa shape index (κ3) is 5.45. The molecular formula is C18H26I2N4O4. The van der Waals surface area contributed by atoms with Crippen molar-refractivity contribution < 1.29 is 19.1 Å². The fourth-order valence-electron chi connectivity index (χ4n) is 2.52. The maximum absolute atomic E-state index is 11.4. The second-order valence-electron chi connectivity index (χ2n) is 6.56. The summed E-state index contributed by atoms with van der Waals surface area (Å²) in [6.07, 6.45) is 0. The lowest BCUT2D eigenvalue weighted by atomic mass is 10.2. The van der Waals surface area contributed by atoms with Crippen molar-refractivity contribution in [3.05, 3.63) is 29.9 Å². The van der Waals surface area contributed by atoms with Gasteiger partial charge in [-0.05, 0) is 86.7 Å². The minimum absolute atomic E-state index is 0.249. The van der Waals surface area contributed by atoms with E-state index in [0.29, 0.717) is 14.8 Å². The zero-order chi connectivity index (χ0) is 21.8. The molecule has 2 heterocycles. The Morgan fingerprint density at radius 1 is 0.857 bits per heavy atom. The lowest BCUT2D eigenvalue weighted by Crippen LogP contribution is -2.08. The van der Waals surface area contributed by atoms with E-state index in [-0.39, 0.29) is 24.0 Å². The molecule has 0 unspecified atom stereocenters. The fourth-order valence-corrected chi connectivity index (χ4v) is 4.63. The maximum atomic E-state index is 11.4. The molecule has 156 valence electrons. The standard InChI is InChI=1S/2C9H13IN2O2/c1-5(2)12-6(3)7(8(10)11-12)9(13)14-4;1-5(2)12-8(10)7(6(3)11-12)9(13)14-4/h2*5H,1-4H3. The van der Waals surface area contributed by atoms with Gasteiger partial charge in [-0.2, -0.15) is 10.2 Å². The number of aromatic nitrogens is 4. The first-order chi connectivity index (χ1) is 13.0. The van der Waals surface area contributed by atoms with Crippen molar-refractivity contribution >= 4 is 57.1 Å². The van der Waals surface area contributed by atoms with E-state index in [9.17, 15) is 9.59 Å². The molecule has 10 heteroatoms. The van der Waals surface area contributed by atoms with Crippen LogP contribution in [0.25, 0.3) is 0 Å². The SMILES string of the molecule is COC(=O)c1c(C)nn(C(C)C)c1I.COC(=O)c1c(I)nn(C(C)C)c1C. The second-order valence-corrected chi connectivity index (χ2v) is 8.61. The predicted octanol–water partition coefficient (Wildman–Crippen LogP) is 4.33. The molecule has 28 heavy (non-hydrogen) atoms. The minimum atomic E-state index is -0.321. The summed E-state index contributed by atoms with van der Waals surface area (Å²) in [4.78, 5) is 22.8. The zero-order valence-corrected chi connectivity index (χ0v) is 21.6. The molecule has 8 nitrogen and oxygen atoms in total. The maximum Gasteiger partial charge on any atom is 0.342 e. The smallest absolute Gasteiger partial charge is 0.342 e. The number of aryl methyl sites for hydroxylation is 1. The van der Waals surface area contributed by atoms with Crippen LogP contribution in [0.15, 0.2) is 0 Å². The highest BCUT2D eigenvalue weighted by Crippen LogP contribution is 2.21. The van der Waals surface area contributed by atoms with Gasteiger partial charge in [-0.25, -0.2) is 9.59 Å². The molecule has 0 saturated carbocycles. The van der Waals surface area contributed by atoms with Gasteiger partial charge in [-0.1, -0.05) is 0 Å². The Bertz CT molecular complexity index is 786. The molecule has 0 N–H and O–H groups in total. The average Bonchev–Trinajstić information content (AvgIpc) is 3.10. The molecule has 0 aliphatic heterocycles. The molecule has 0 aromatic carbocycles. The fraction of sp³-hybridized carbons (Fsp3) is 0.556. The number of carbonyl (C=O) groups excluding carboxylic acids is 2. The van der Waals surface area contributed by atoms with Gasteiger partial charge in [0.2, 0.25) is 0 Å². The number of hydrogen-bond donors (Lipinski definition) is 0. The third-order valence-electron chi connectivity index (χ3n) is 3.89. The van der Waals surface area contributed by atoms with Crippen molar-refractivity contribution in [1.29, 1.82) is 0 Å². The van der Waals surface area contributed by atoms with Gasteiger partial charge in [0.25, 0.3) is 0 Å². The van der Waals surface area contributed by atoms with E-state index in [2.05, 4.69) is 32.8 Å². The number of hydrogen-bond acceptors (Lipinski definition) is 6. The lowest BCUT2D eigenvalue weighted by molar-refractivity contribution is 0.0589. The normalized spacial score (nSPS) is 10.7. The summed E-state index contributed by atoms with van der Waals surface area (Å²) in [7, 11) is 2.76. The van der Waals surface area contributed by atoms with Crippen molar-refractivity contribution in [1.82, 2.24) is 19.6 Å². The summed E-state index contributed by atoms with van der Waals surface area (Å²) in [6, 6.07) is 0.501. The molecule has 2 aromatic heterocycles. The van der Waals surface area contributed by atoms with Crippen molar-refractivity contribution in [3.63, 3.8) is 0 Å². The molecule has 0 atom stereocenters. The van der Waals surface area contributed by atoms with E-state index in [4.69, 9.17) is 9.47 Å². The molecule has 0 aliphatic carbocycles. The van der Waals surface area contributed by atoms with Crippen molar-refractivity contribution in [2.24, 2.45) is 0 Å².